The van der Waals surface area contributed by atoms with Gasteiger partial charge in [-0.05, 0) is 64.2 Å². The lowest BCUT2D eigenvalue weighted by atomic mass is 9.43. The van der Waals surface area contributed by atoms with Crippen LogP contribution in [0, 0.1) is 22.7 Å². The van der Waals surface area contributed by atoms with Crippen LogP contribution in [0.1, 0.15) is 73.1 Å². The van der Waals surface area contributed by atoms with Crippen LogP contribution in [0.2, 0.25) is 0 Å². The number of fused-ring (bicyclic) bond motifs is 3. The number of hydrogen-bond acceptors (Lipinski definition) is 4. The van der Waals surface area contributed by atoms with E-state index in [4.69, 9.17) is 9.47 Å². The fourth-order valence-electron chi connectivity index (χ4n) is 6.67. The molecular weight excluding hydrogens is 328 g/mol. The van der Waals surface area contributed by atoms with Gasteiger partial charge >= 0.3 is 5.97 Å². The van der Waals surface area contributed by atoms with Crippen molar-refractivity contribution in [2.45, 2.75) is 90.4 Å². The highest BCUT2D eigenvalue weighted by atomic mass is 16.5. The molecule has 0 aromatic heterocycles. The SMILES string of the molecule is C=C[C@@]1(C)CC[C@@H]2[C@@]3(C)[C@H](O)CC[C@@](C)(COC(C)=O)[C@@H]3CC[C@@]2(C)O1. The van der Waals surface area contributed by atoms with E-state index in [1.807, 2.05) is 6.08 Å². The molecule has 0 aromatic rings. The van der Waals surface area contributed by atoms with Gasteiger partial charge in [0.15, 0.2) is 0 Å². The van der Waals surface area contributed by atoms with E-state index in [0.717, 1.165) is 38.5 Å². The monoisotopic (exact) mass is 364 g/mol. The molecule has 4 nitrogen and oxygen atoms in total. The van der Waals surface area contributed by atoms with E-state index in [1.165, 1.54) is 6.92 Å². The summed E-state index contributed by atoms with van der Waals surface area (Å²) in [5.74, 6) is 0.407. The summed E-state index contributed by atoms with van der Waals surface area (Å²) in [4.78, 5) is 11.4. The number of carbonyl (C=O) groups is 1. The van der Waals surface area contributed by atoms with Gasteiger partial charge in [0.2, 0.25) is 0 Å². The van der Waals surface area contributed by atoms with E-state index in [9.17, 15) is 9.90 Å². The van der Waals surface area contributed by atoms with Gasteiger partial charge in [0.25, 0.3) is 0 Å². The van der Waals surface area contributed by atoms with Crippen LogP contribution < -0.4 is 0 Å². The smallest absolute Gasteiger partial charge is 0.302 e. The highest BCUT2D eigenvalue weighted by Crippen LogP contribution is 2.65. The number of ether oxygens (including phenoxy) is 2. The van der Waals surface area contributed by atoms with Crippen molar-refractivity contribution in [2.75, 3.05) is 6.61 Å². The molecule has 0 radical (unpaired) electrons. The highest BCUT2D eigenvalue weighted by Gasteiger charge is 2.65. The maximum absolute atomic E-state index is 11.4. The third kappa shape index (κ3) is 2.93. The van der Waals surface area contributed by atoms with Gasteiger partial charge in [-0.3, -0.25) is 4.79 Å². The molecule has 3 fully saturated rings. The number of carbonyl (C=O) groups excluding carboxylic acids is 1. The summed E-state index contributed by atoms with van der Waals surface area (Å²) < 4.78 is 12.1. The summed E-state index contributed by atoms with van der Waals surface area (Å²) in [5.41, 5.74) is -0.828. The van der Waals surface area contributed by atoms with Gasteiger partial charge in [-0.15, -0.1) is 6.58 Å². The standard InChI is InChI=1S/C22H36O4/c1-7-20(4)12-8-17-21(5,26-20)13-9-16-19(3,14-25-15(2)23)11-10-18(24)22(16,17)6/h7,16-18,24H,1,8-14H2,2-6H3/t16-,17-,18+,19-,20-,21+,22-/m0/s1. The molecule has 0 spiro atoms. The third-order valence-corrected chi connectivity index (χ3v) is 8.15. The first-order valence-electron chi connectivity index (χ1n) is 10.1. The van der Waals surface area contributed by atoms with Crippen LogP contribution >= 0.6 is 0 Å². The first kappa shape index (κ1) is 19.9. The van der Waals surface area contributed by atoms with E-state index >= 15 is 0 Å². The van der Waals surface area contributed by atoms with E-state index in [-0.39, 0.29) is 34.1 Å². The lowest BCUT2D eigenvalue weighted by Crippen LogP contribution is -2.67. The molecule has 1 N–H and O–H groups in total. The molecular formula is C22H36O4. The van der Waals surface area contributed by atoms with Crippen LogP contribution in [0.15, 0.2) is 12.7 Å². The summed E-state index contributed by atoms with van der Waals surface area (Å²) in [6.07, 6.45) is 7.20. The Hall–Kier alpha value is -0.870. The Bertz CT molecular complexity index is 589. The van der Waals surface area contributed by atoms with Crippen LogP contribution in [-0.2, 0) is 14.3 Å². The first-order chi connectivity index (χ1) is 12.0. The number of aliphatic hydroxyl groups excluding tert-OH is 1. The Labute approximate surface area is 158 Å². The molecule has 1 heterocycles. The molecule has 7 atom stereocenters. The molecule has 2 saturated carbocycles. The largest absolute Gasteiger partial charge is 0.465 e. The maximum atomic E-state index is 11.4. The molecule has 4 heteroatoms. The Morgan fingerprint density at radius 2 is 1.81 bits per heavy atom. The number of hydrogen-bond donors (Lipinski definition) is 1. The van der Waals surface area contributed by atoms with Gasteiger partial charge in [0.1, 0.15) is 0 Å². The molecule has 1 aliphatic heterocycles. The average Bonchev–Trinajstić information content (AvgIpc) is 2.56. The van der Waals surface area contributed by atoms with Crippen molar-refractivity contribution < 1.29 is 19.4 Å². The third-order valence-electron chi connectivity index (χ3n) is 8.15. The predicted octanol–water partition coefficient (Wildman–Crippen LogP) is 4.26. The zero-order valence-corrected chi connectivity index (χ0v) is 17.1. The number of aliphatic hydroxyl groups is 1. The fraction of sp³-hybridized carbons (Fsp3) is 0.864. The molecule has 148 valence electrons. The molecule has 0 bridgehead atoms. The fourth-order valence-corrected chi connectivity index (χ4v) is 6.67. The Morgan fingerprint density at radius 1 is 1.15 bits per heavy atom. The Kier molecular flexibility index (Phi) is 4.85. The molecule has 3 rings (SSSR count). The second-order valence-corrected chi connectivity index (χ2v) is 9.97. The highest BCUT2D eigenvalue weighted by molar-refractivity contribution is 5.65. The normalized spacial score (nSPS) is 51.1. The average molecular weight is 365 g/mol. The molecule has 26 heavy (non-hydrogen) atoms. The first-order valence-corrected chi connectivity index (χ1v) is 10.1. The van der Waals surface area contributed by atoms with Crippen LogP contribution in [-0.4, -0.2) is 35.0 Å². The molecule has 0 unspecified atom stereocenters. The van der Waals surface area contributed by atoms with Crippen molar-refractivity contribution in [3.05, 3.63) is 12.7 Å². The van der Waals surface area contributed by atoms with Crippen LogP contribution in [0.25, 0.3) is 0 Å². The van der Waals surface area contributed by atoms with Crippen LogP contribution in [0.3, 0.4) is 0 Å². The van der Waals surface area contributed by atoms with E-state index in [0.29, 0.717) is 18.4 Å². The number of esters is 1. The second-order valence-electron chi connectivity index (χ2n) is 9.97. The van der Waals surface area contributed by atoms with Crippen molar-refractivity contribution in [1.82, 2.24) is 0 Å². The number of rotatable bonds is 3. The lowest BCUT2D eigenvalue weighted by Gasteiger charge is -2.66. The summed E-state index contributed by atoms with van der Waals surface area (Å²) in [7, 11) is 0. The summed E-state index contributed by atoms with van der Waals surface area (Å²) >= 11 is 0. The minimum atomic E-state index is -0.334. The summed E-state index contributed by atoms with van der Waals surface area (Å²) in [6, 6.07) is 0. The zero-order chi connectivity index (χ0) is 19.4. The van der Waals surface area contributed by atoms with Crippen molar-refractivity contribution >= 4 is 5.97 Å². The van der Waals surface area contributed by atoms with Gasteiger partial charge < -0.3 is 14.6 Å². The van der Waals surface area contributed by atoms with Crippen molar-refractivity contribution in [2.24, 2.45) is 22.7 Å². The Balaban J connectivity index is 1.94. The van der Waals surface area contributed by atoms with Crippen LogP contribution in [0.4, 0.5) is 0 Å². The van der Waals surface area contributed by atoms with Crippen molar-refractivity contribution in [3.63, 3.8) is 0 Å². The van der Waals surface area contributed by atoms with Gasteiger partial charge in [0, 0.05) is 17.8 Å². The van der Waals surface area contributed by atoms with Crippen molar-refractivity contribution in [1.29, 1.82) is 0 Å². The van der Waals surface area contributed by atoms with Crippen molar-refractivity contribution in [3.8, 4) is 0 Å². The minimum absolute atomic E-state index is 0.0832. The molecule has 0 aromatic carbocycles. The van der Waals surface area contributed by atoms with E-state index < -0.39 is 0 Å². The van der Waals surface area contributed by atoms with Crippen LogP contribution in [0.5, 0.6) is 0 Å². The topological polar surface area (TPSA) is 55.8 Å². The quantitative estimate of drug-likeness (QED) is 0.601. The van der Waals surface area contributed by atoms with Gasteiger partial charge in [0.05, 0.1) is 23.9 Å². The minimum Gasteiger partial charge on any atom is -0.465 e. The predicted molar refractivity (Wildman–Crippen MR) is 102 cm³/mol. The van der Waals surface area contributed by atoms with Gasteiger partial charge in [-0.25, -0.2) is 0 Å². The van der Waals surface area contributed by atoms with E-state index in [2.05, 4.69) is 34.3 Å². The summed E-state index contributed by atoms with van der Waals surface area (Å²) in [5, 5.41) is 11.1. The molecule has 0 amide bonds. The second kappa shape index (κ2) is 6.34. The van der Waals surface area contributed by atoms with Gasteiger partial charge in [-0.2, -0.15) is 0 Å². The molecule has 3 aliphatic rings. The maximum Gasteiger partial charge on any atom is 0.302 e. The zero-order valence-electron chi connectivity index (χ0n) is 17.1. The molecule has 2 aliphatic carbocycles. The Morgan fingerprint density at radius 3 is 2.42 bits per heavy atom. The summed E-state index contributed by atoms with van der Waals surface area (Å²) in [6.45, 7) is 14.8. The molecule has 1 saturated heterocycles. The van der Waals surface area contributed by atoms with Gasteiger partial charge in [-0.1, -0.05) is 19.9 Å². The lowest BCUT2D eigenvalue weighted by molar-refractivity contribution is -0.278. The van der Waals surface area contributed by atoms with E-state index in [1.54, 1.807) is 0 Å².